The highest BCUT2D eigenvalue weighted by Crippen LogP contribution is 2.35. The molecule has 2 aliphatic heterocycles. The summed E-state index contributed by atoms with van der Waals surface area (Å²) in [6, 6.07) is 10.1. The number of halogens is 1. The zero-order chi connectivity index (χ0) is 23.5. The fraction of sp³-hybridized carbons (Fsp3) is 0.481. The molecule has 3 aromatic rings. The SMILES string of the molecule is CN1CCC(CCNC(=O)N2CCC(c3cn(-c4ccc(Cl)cc4)c4cnccc34)CC2)CC1. The zero-order valence-electron chi connectivity index (χ0n) is 19.9. The maximum Gasteiger partial charge on any atom is 0.317 e. The van der Waals surface area contributed by atoms with Crippen molar-refractivity contribution in [3.8, 4) is 5.69 Å². The molecule has 2 aromatic heterocycles. The number of rotatable bonds is 5. The number of amides is 2. The molecule has 0 bridgehead atoms. The van der Waals surface area contributed by atoms with Gasteiger partial charge in [0.25, 0.3) is 0 Å². The van der Waals surface area contributed by atoms with E-state index in [0.717, 1.165) is 61.0 Å². The lowest BCUT2D eigenvalue weighted by atomic mass is 9.89. The predicted molar refractivity (Wildman–Crippen MR) is 138 cm³/mol. The summed E-state index contributed by atoms with van der Waals surface area (Å²) in [5, 5.41) is 5.15. The van der Waals surface area contributed by atoms with Gasteiger partial charge in [0.1, 0.15) is 0 Å². The molecule has 2 fully saturated rings. The predicted octanol–water partition coefficient (Wildman–Crippen LogP) is 5.30. The number of carbonyl (C=O) groups is 1. The first-order valence-electron chi connectivity index (χ1n) is 12.5. The Labute approximate surface area is 206 Å². The van der Waals surface area contributed by atoms with E-state index in [1.165, 1.54) is 36.9 Å². The van der Waals surface area contributed by atoms with E-state index in [4.69, 9.17) is 11.6 Å². The number of piperidine rings is 2. The first-order valence-corrected chi connectivity index (χ1v) is 12.9. The van der Waals surface area contributed by atoms with E-state index >= 15 is 0 Å². The van der Waals surface area contributed by atoms with Crippen LogP contribution in [0, 0.1) is 5.92 Å². The van der Waals surface area contributed by atoms with Gasteiger partial charge in [0.15, 0.2) is 0 Å². The van der Waals surface area contributed by atoms with Gasteiger partial charge < -0.3 is 19.7 Å². The number of aromatic nitrogens is 2. The lowest BCUT2D eigenvalue weighted by Crippen LogP contribution is -2.44. The van der Waals surface area contributed by atoms with Gasteiger partial charge in [0.2, 0.25) is 0 Å². The largest absolute Gasteiger partial charge is 0.338 e. The van der Waals surface area contributed by atoms with Gasteiger partial charge >= 0.3 is 6.03 Å². The summed E-state index contributed by atoms with van der Waals surface area (Å²) >= 11 is 6.10. The number of hydrogen-bond acceptors (Lipinski definition) is 3. The molecule has 6 nitrogen and oxygen atoms in total. The van der Waals surface area contributed by atoms with E-state index in [2.05, 4.69) is 39.1 Å². The van der Waals surface area contributed by atoms with E-state index in [9.17, 15) is 4.79 Å². The Bertz CT molecular complexity index is 1110. The average Bonchev–Trinajstić information content (AvgIpc) is 3.25. The molecule has 180 valence electrons. The van der Waals surface area contributed by atoms with Crippen molar-refractivity contribution < 1.29 is 4.79 Å². The molecule has 0 aliphatic carbocycles. The van der Waals surface area contributed by atoms with Crippen molar-refractivity contribution in [1.82, 2.24) is 24.7 Å². The number of hydrogen-bond donors (Lipinski definition) is 1. The first-order chi connectivity index (χ1) is 16.6. The first kappa shape index (κ1) is 23.2. The van der Waals surface area contributed by atoms with Gasteiger partial charge in [0.05, 0.1) is 11.7 Å². The van der Waals surface area contributed by atoms with Crippen LogP contribution in [0.15, 0.2) is 48.9 Å². The van der Waals surface area contributed by atoms with Gasteiger partial charge in [-0.1, -0.05) is 11.6 Å². The molecule has 2 saturated heterocycles. The fourth-order valence-electron chi connectivity index (χ4n) is 5.48. The maximum atomic E-state index is 12.7. The molecular weight excluding hydrogens is 446 g/mol. The van der Waals surface area contributed by atoms with Crippen molar-refractivity contribution in [3.05, 3.63) is 59.5 Å². The van der Waals surface area contributed by atoms with Crippen LogP contribution < -0.4 is 5.32 Å². The molecule has 0 saturated carbocycles. The second kappa shape index (κ2) is 10.4. The number of fused-ring (bicyclic) bond motifs is 1. The van der Waals surface area contributed by atoms with Crippen molar-refractivity contribution in [2.75, 3.05) is 39.8 Å². The molecule has 0 spiro atoms. The van der Waals surface area contributed by atoms with Gasteiger partial charge in [-0.3, -0.25) is 4.98 Å². The van der Waals surface area contributed by atoms with Crippen LogP contribution in [0.2, 0.25) is 5.02 Å². The lowest BCUT2D eigenvalue weighted by molar-refractivity contribution is 0.178. The summed E-state index contributed by atoms with van der Waals surface area (Å²) in [5.41, 5.74) is 3.53. The van der Waals surface area contributed by atoms with Gasteiger partial charge in [-0.05, 0) is 100.0 Å². The molecule has 2 aliphatic rings. The van der Waals surface area contributed by atoms with Crippen LogP contribution in [0.25, 0.3) is 16.6 Å². The number of nitrogens with zero attached hydrogens (tertiary/aromatic N) is 4. The number of carbonyl (C=O) groups excluding carboxylic acids is 1. The van der Waals surface area contributed by atoms with Gasteiger partial charge in [0, 0.05) is 48.1 Å². The maximum absolute atomic E-state index is 12.7. The van der Waals surface area contributed by atoms with Crippen molar-refractivity contribution >= 4 is 28.5 Å². The standard InChI is InChI=1S/C27H34ClN5O/c1-31-14-8-20(9-15-31)6-13-30-27(34)32-16-10-21(11-17-32)25-19-33(23-4-2-22(28)3-5-23)26-18-29-12-7-24(25)26/h2-5,7,12,18-21H,6,8-11,13-17H2,1H3,(H,30,34). The van der Waals surface area contributed by atoms with Crippen LogP contribution in [0.5, 0.6) is 0 Å². The normalized spacial score (nSPS) is 18.5. The molecule has 7 heteroatoms. The van der Waals surface area contributed by atoms with E-state index in [1.807, 2.05) is 41.6 Å². The highest BCUT2D eigenvalue weighted by molar-refractivity contribution is 6.30. The minimum absolute atomic E-state index is 0.0965. The summed E-state index contributed by atoms with van der Waals surface area (Å²) in [4.78, 5) is 21.5. The monoisotopic (exact) mass is 479 g/mol. The second-order valence-electron chi connectivity index (χ2n) is 9.85. The van der Waals surface area contributed by atoms with Crippen LogP contribution in [-0.4, -0.2) is 65.2 Å². The van der Waals surface area contributed by atoms with Crippen molar-refractivity contribution in [2.24, 2.45) is 5.92 Å². The molecule has 1 N–H and O–H groups in total. The second-order valence-corrected chi connectivity index (χ2v) is 10.3. The summed E-state index contributed by atoms with van der Waals surface area (Å²) < 4.78 is 2.20. The van der Waals surface area contributed by atoms with E-state index in [0.29, 0.717) is 5.92 Å². The summed E-state index contributed by atoms with van der Waals surface area (Å²) in [5.74, 6) is 1.18. The fourth-order valence-corrected chi connectivity index (χ4v) is 5.61. The minimum Gasteiger partial charge on any atom is -0.338 e. The Morgan fingerprint density at radius 1 is 1.06 bits per heavy atom. The Hall–Kier alpha value is -2.57. The number of pyridine rings is 1. The molecule has 5 rings (SSSR count). The summed E-state index contributed by atoms with van der Waals surface area (Å²) in [6.07, 6.45) is 11.6. The molecule has 34 heavy (non-hydrogen) atoms. The molecular formula is C27H34ClN5O. The van der Waals surface area contributed by atoms with Gasteiger partial charge in [-0.25, -0.2) is 4.79 Å². The molecule has 2 amide bonds. The van der Waals surface area contributed by atoms with Gasteiger partial charge in [-0.2, -0.15) is 0 Å². The smallest absolute Gasteiger partial charge is 0.317 e. The Kier molecular flexibility index (Phi) is 7.07. The van der Waals surface area contributed by atoms with Crippen molar-refractivity contribution in [1.29, 1.82) is 0 Å². The van der Waals surface area contributed by atoms with Crippen LogP contribution in [-0.2, 0) is 0 Å². The topological polar surface area (TPSA) is 53.4 Å². The Morgan fingerprint density at radius 3 is 2.53 bits per heavy atom. The van der Waals surface area contributed by atoms with Crippen LogP contribution in [0.4, 0.5) is 4.79 Å². The lowest BCUT2D eigenvalue weighted by Gasteiger charge is -2.32. The number of benzene rings is 1. The summed E-state index contributed by atoms with van der Waals surface area (Å²) in [6.45, 7) is 4.73. The van der Waals surface area contributed by atoms with Crippen molar-refractivity contribution in [3.63, 3.8) is 0 Å². The quantitative estimate of drug-likeness (QED) is 0.540. The number of nitrogens with one attached hydrogen (secondary N) is 1. The summed E-state index contributed by atoms with van der Waals surface area (Å²) in [7, 11) is 2.19. The highest BCUT2D eigenvalue weighted by Gasteiger charge is 2.26. The zero-order valence-corrected chi connectivity index (χ0v) is 20.7. The van der Waals surface area contributed by atoms with Gasteiger partial charge in [-0.15, -0.1) is 0 Å². The van der Waals surface area contributed by atoms with Crippen LogP contribution in [0.3, 0.4) is 0 Å². The molecule has 0 radical (unpaired) electrons. The third-order valence-corrected chi connectivity index (χ3v) is 7.88. The highest BCUT2D eigenvalue weighted by atomic mass is 35.5. The molecule has 0 unspecified atom stereocenters. The van der Waals surface area contributed by atoms with Crippen molar-refractivity contribution in [2.45, 2.75) is 38.0 Å². The number of likely N-dealkylation sites (tertiary alicyclic amines) is 2. The Balaban J connectivity index is 1.20. The minimum atomic E-state index is 0.0965. The number of urea groups is 1. The third kappa shape index (κ3) is 5.08. The van der Waals surface area contributed by atoms with Crippen LogP contribution in [0.1, 0.15) is 43.6 Å². The molecule has 1 aromatic carbocycles. The van der Waals surface area contributed by atoms with Crippen LogP contribution >= 0.6 is 11.6 Å². The average molecular weight is 480 g/mol. The van der Waals surface area contributed by atoms with E-state index < -0.39 is 0 Å². The van der Waals surface area contributed by atoms with E-state index in [-0.39, 0.29) is 6.03 Å². The van der Waals surface area contributed by atoms with E-state index in [1.54, 1.807) is 0 Å². The molecule has 0 atom stereocenters. The molecule has 4 heterocycles. The third-order valence-electron chi connectivity index (χ3n) is 7.63. The Morgan fingerprint density at radius 2 is 1.79 bits per heavy atom.